The summed E-state index contributed by atoms with van der Waals surface area (Å²) in [4.78, 5) is 27.2. The van der Waals surface area contributed by atoms with Crippen LogP contribution in [-0.2, 0) is 4.79 Å². The third-order valence-electron chi connectivity index (χ3n) is 5.23. The van der Waals surface area contributed by atoms with Crippen LogP contribution >= 0.6 is 11.6 Å². The van der Waals surface area contributed by atoms with Crippen LogP contribution in [0, 0.1) is 10.1 Å². The molecule has 0 aromatic heterocycles. The van der Waals surface area contributed by atoms with E-state index in [9.17, 15) is 14.9 Å². The van der Waals surface area contributed by atoms with Crippen LogP contribution in [0.3, 0.4) is 0 Å². The molecule has 3 rings (SSSR count). The van der Waals surface area contributed by atoms with Crippen molar-refractivity contribution in [3.63, 3.8) is 0 Å². The van der Waals surface area contributed by atoms with E-state index >= 15 is 0 Å². The first-order valence-electron chi connectivity index (χ1n) is 9.13. The molecule has 0 spiro atoms. The first kappa shape index (κ1) is 18.9. The second-order valence-corrected chi connectivity index (χ2v) is 7.39. The van der Waals surface area contributed by atoms with Gasteiger partial charge in [0.1, 0.15) is 5.02 Å². The number of nitrogens with zero attached hydrogens (tertiary/aromatic N) is 3. The molecule has 1 aromatic carbocycles. The summed E-state index contributed by atoms with van der Waals surface area (Å²) >= 11 is 5.85. The fourth-order valence-corrected chi connectivity index (χ4v) is 4.23. The van der Waals surface area contributed by atoms with Gasteiger partial charge in [0, 0.05) is 44.2 Å². The molecular weight excluding hydrogens is 354 g/mol. The number of benzene rings is 1. The van der Waals surface area contributed by atoms with Gasteiger partial charge in [0.25, 0.3) is 5.69 Å². The highest BCUT2D eigenvalue weighted by Gasteiger charge is 2.38. The van der Waals surface area contributed by atoms with Crippen molar-refractivity contribution in [1.82, 2.24) is 9.80 Å². The van der Waals surface area contributed by atoms with Crippen molar-refractivity contribution in [1.29, 1.82) is 0 Å². The lowest BCUT2D eigenvalue weighted by Crippen LogP contribution is -2.62. The van der Waals surface area contributed by atoms with E-state index in [2.05, 4.69) is 9.80 Å². The minimum Gasteiger partial charge on any atom is -0.334 e. The number of carbonyl (C=O) groups excluding carboxylic acids is 1. The van der Waals surface area contributed by atoms with Gasteiger partial charge in [-0.3, -0.25) is 19.8 Å². The van der Waals surface area contributed by atoms with E-state index in [0.29, 0.717) is 18.5 Å². The zero-order chi connectivity index (χ0) is 18.7. The Morgan fingerprint density at radius 2 is 2.04 bits per heavy atom. The maximum absolute atomic E-state index is 12.2. The van der Waals surface area contributed by atoms with Gasteiger partial charge in [-0.15, -0.1) is 0 Å². The molecule has 1 amide bonds. The summed E-state index contributed by atoms with van der Waals surface area (Å²) in [5, 5.41) is 11.1. The number of hydrogen-bond donors (Lipinski definition) is 0. The van der Waals surface area contributed by atoms with Crippen LogP contribution in [0.4, 0.5) is 5.69 Å². The molecule has 2 aliphatic heterocycles. The predicted molar refractivity (Wildman–Crippen MR) is 102 cm³/mol. The summed E-state index contributed by atoms with van der Waals surface area (Å²) in [6, 6.07) is 5.46. The first-order valence-corrected chi connectivity index (χ1v) is 9.51. The molecule has 0 N–H and O–H groups in total. The van der Waals surface area contributed by atoms with E-state index in [1.165, 1.54) is 12.5 Å². The summed E-state index contributed by atoms with van der Waals surface area (Å²) < 4.78 is 0. The first-order chi connectivity index (χ1) is 12.5. The molecule has 140 valence electrons. The molecule has 0 aliphatic carbocycles. The minimum absolute atomic E-state index is 0.0740. The topological polar surface area (TPSA) is 66.7 Å². The average Bonchev–Trinajstić information content (AvgIpc) is 2.61. The number of hydrogen-bond acceptors (Lipinski definition) is 4. The standard InChI is InChI=1S/C19H24ClN3O3/c1-2-19(24)22-15-6-3-7-16(22)13-21(12-15)10-4-5-14-8-9-17(20)18(11-14)23(25)26/h4-5,8-9,11,15-16H,2-3,6-7,10,12-13H2,1H3/b5-4+. The Bertz CT molecular complexity index is 708. The van der Waals surface area contributed by atoms with Crippen molar-refractivity contribution >= 4 is 29.3 Å². The van der Waals surface area contributed by atoms with E-state index in [1.54, 1.807) is 12.1 Å². The lowest BCUT2D eigenvalue weighted by molar-refractivity contribution is -0.384. The molecule has 6 nitrogen and oxygen atoms in total. The van der Waals surface area contributed by atoms with Crippen molar-refractivity contribution < 1.29 is 9.72 Å². The number of halogens is 1. The van der Waals surface area contributed by atoms with Crippen molar-refractivity contribution in [3.05, 3.63) is 45.0 Å². The lowest BCUT2D eigenvalue weighted by Gasteiger charge is -2.50. The largest absolute Gasteiger partial charge is 0.334 e. The molecule has 2 bridgehead atoms. The highest BCUT2D eigenvalue weighted by molar-refractivity contribution is 6.32. The van der Waals surface area contributed by atoms with Gasteiger partial charge in [0.05, 0.1) is 4.92 Å². The molecule has 2 saturated heterocycles. The molecule has 2 fully saturated rings. The zero-order valence-electron chi connectivity index (χ0n) is 14.9. The normalized spacial score (nSPS) is 23.4. The van der Waals surface area contributed by atoms with Gasteiger partial charge in [0.2, 0.25) is 5.91 Å². The minimum atomic E-state index is -0.467. The molecule has 2 aliphatic rings. The summed E-state index contributed by atoms with van der Waals surface area (Å²) in [7, 11) is 0. The van der Waals surface area contributed by atoms with E-state index in [4.69, 9.17) is 11.6 Å². The second kappa shape index (κ2) is 8.18. The number of fused-ring (bicyclic) bond motifs is 2. The number of nitro benzene ring substituents is 1. The van der Waals surface area contributed by atoms with Crippen LogP contribution in [-0.4, -0.2) is 52.3 Å². The van der Waals surface area contributed by atoms with Gasteiger partial charge in [-0.2, -0.15) is 0 Å². The highest BCUT2D eigenvalue weighted by atomic mass is 35.5. The number of amides is 1. The Balaban J connectivity index is 1.62. The molecule has 7 heteroatoms. The Morgan fingerprint density at radius 3 is 2.65 bits per heavy atom. The predicted octanol–water partition coefficient (Wildman–Crippen LogP) is 3.74. The molecular formula is C19H24ClN3O3. The maximum Gasteiger partial charge on any atom is 0.288 e. The van der Waals surface area contributed by atoms with Crippen molar-refractivity contribution in [2.75, 3.05) is 19.6 Å². The molecule has 2 atom stereocenters. The maximum atomic E-state index is 12.2. The summed E-state index contributed by atoms with van der Waals surface area (Å²) in [6.45, 7) is 4.50. The van der Waals surface area contributed by atoms with E-state index < -0.39 is 4.92 Å². The van der Waals surface area contributed by atoms with E-state index in [1.807, 2.05) is 19.1 Å². The smallest absolute Gasteiger partial charge is 0.288 e. The SMILES string of the molecule is CCC(=O)N1C2CCCC1CN(C/C=C/c1ccc(Cl)c([N+](=O)[O-])c1)C2. The van der Waals surface area contributed by atoms with Gasteiger partial charge >= 0.3 is 0 Å². The quantitative estimate of drug-likeness (QED) is 0.579. The lowest BCUT2D eigenvalue weighted by atomic mass is 9.91. The Labute approximate surface area is 158 Å². The molecule has 1 aromatic rings. The number of carbonyl (C=O) groups is 1. The number of rotatable bonds is 5. The molecule has 26 heavy (non-hydrogen) atoms. The fraction of sp³-hybridized carbons (Fsp3) is 0.526. The van der Waals surface area contributed by atoms with Gasteiger partial charge in [-0.25, -0.2) is 0 Å². The van der Waals surface area contributed by atoms with E-state index in [-0.39, 0.29) is 16.6 Å². The zero-order valence-corrected chi connectivity index (χ0v) is 15.7. The number of nitro groups is 1. The summed E-state index contributed by atoms with van der Waals surface area (Å²) in [5.41, 5.74) is 0.691. The Hall–Kier alpha value is -1.92. The van der Waals surface area contributed by atoms with E-state index in [0.717, 1.165) is 38.0 Å². The van der Waals surface area contributed by atoms with Crippen LogP contribution in [0.25, 0.3) is 6.08 Å². The van der Waals surface area contributed by atoms with Crippen molar-refractivity contribution in [3.8, 4) is 0 Å². The van der Waals surface area contributed by atoms with Crippen LogP contribution in [0.1, 0.15) is 38.2 Å². The van der Waals surface area contributed by atoms with Gasteiger partial charge in [0.15, 0.2) is 0 Å². The second-order valence-electron chi connectivity index (χ2n) is 6.98. The highest BCUT2D eigenvalue weighted by Crippen LogP contribution is 2.29. The van der Waals surface area contributed by atoms with Crippen molar-refractivity contribution in [2.24, 2.45) is 0 Å². The summed E-state index contributed by atoms with van der Waals surface area (Å²) in [5.74, 6) is 0.267. The van der Waals surface area contributed by atoms with Crippen LogP contribution < -0.4 is 0 Å². The summed E-state index contributed by atoms with van der Waals surface area (Å²) in [6.07, 6.45) is 7.84. The fourth-order valence-electron chi connectivity index (χ4n) is 4.04. The molecule has 0 radical (unpaired) electrons. The number of piperidine rings is 1. The third kappa shape index (κ3) is 4.07. The van der Waals surface area contributed by atoms with Gasteiger partial charge in [-0.1, -0.05) is 36.7 Å². The molecule has 0 saturated carbocycles. The third-order valence-corrected chi connectivity index (χ3v) is 5.55. The number of likely N-dealkylation sites (tertiary alicyclic amines) is 1. The average molecular weight is 378 g/mol. The number of piperazine rings is 1. The van der Waals surface area contributed by atoms with Crippen LogP contribution in [0.5, 0.6) is 0 Å². The van der Waals surface area contributed by atoms with Gasteiger partial charge < -0.3 is 4.90 Å². The monoisotopic (exact) mass is 377 g/mol. The molecule has 2 unspecified atom stereocenters. The van der Waals surface area contributed by atoms with Gasteiger partial charge in [-0.05, 0) is 30.9 Å². The molecule has 2 heterocycles. The Kier molecular flexibility index (Phi) is 5.94. The van der Waals surface area contributed by atoms with Crippen molar-refractivity contribution in [2.45, 2.75) is 44.7 Å². The Morgan fingerprint density at radius 1 is 1.35 bits per heavy atom. The van der Waals surface area contributed by atoms with Crippen LogP contribution in [0.2, 0.25) is 5.02 Å². The van der Waals surface area contributed by atoms with Crippen LogP contribution in [0.15, 0.2) is 24.3 Å².